The molecule has 30 heavy (non-hydrogen) atoms. The van der Waals surface area contributed by atoms with Crippen LogP contribution < -0.4 is 4.74 Å². The smallest absolute Gasteiger partial charge is 0.341 e. The number of piperidine rings is 1. The lowest BCUT2D eigenvalue weighted by molar-refractivity contribution is -0.139. The topological polar surface area (TPSA) is 62.7 Å². The van der Waals surface area contributed by atoms with Crippen LogP contribution in [-0.4, -0.2) is 40.7 Å². The van der Waals surface area contributed by atoms with Crippen LogP contribution in [0.3, 0.4) is 0 Å². The van der Waals surface area contributed by atoms with Gasteiger partial charge < -0.3 is 9.84 Å². The molecule has 0 atom stereocenters. The van der Waals surface area contributed by atoms with Crippen molar-refractivity contribution in [2.45, 2.75) is 31.7 Å². The van der Waals surface area contributed by atoms with E-state index in [1.807, 2.05) is 24.3 Å². The number of carboxylic acid groups (broad SMARTS) is 1. The summed E-state index contributed by atoms with van der Waals surface area (Å²) < 4.78 is 5.22. The summed E-state index contributed by atoms with van der Waals surface area (Å²) in [6.45, 7) is 4.64. The van der Waals surface area contributed by atoms with Crippen molar-refractivity contribution < 1.29 is 14.6 Å². The number of likely N-dealkylation sites (tertiary alicyclic amines) is 1. The normalized spacial score (nSPS) is 16.3. The van der Waals surface area contributed by atoms with Crippen LogP contribution in [-0.2, 0) is 16.8 Å². The Balaban J connectivity index is 1.44. The molecule has 5 nitrogen and oxygen atoms in total. The molecular weight excluding hydrogens is 396 g/mol. The van der Waals surface area contributed by atoms with Gasteiger partial charge in [0, 0.05) is 17.3 Å². The first kappa shape index (κ1) is 20.6. The molecule has 6 heteroatoms. The summed E-state index contributed by atoms with van der Waals surface area (Å²) in [5, 5.41) is 12.1. The van der Waals surface area contributed by atoms with Gasteiger partial charge in [0.1, 0.15) is 5.75 Å². The van der Waals surface area contributed by atoms with Crippen LogP contribution in [0.4, 0.5) is 0 Å². The maximum absolute atomic E-state index is 10.6. The van der Waals surface area contributed by atoms with Crippen molar-refractivity contribution in [3.8, 4) is 5.75 Å². The van der Waals surface area contributed by atoms with Crippen LogP contribution in [0.2, 0.25) is 0 Å². The Morgan fingerprint density at radius 3 is 2.43 bits per heavy atom. The monoisotopic (exact) mass is 422 g/mol. The molecule has 0 saturated carbocycles. The number of ether oxygens (including phenoxy) is 1. The largest absolute Gasteiger partial charge is 0.482 e. The Labute approximate surface area is 181 Å². The third-order valence-corrected chi connectivity index (χ3v) is 6.61. The zero-order chi connectivity index (χ0) is 21.0. The van der Waals surface area contributed by atoms with Crippen molar-refractivity contribution in [2.75, 3.05) is 19.7 Å². The minimum Gasteiger partial charge on any atom is -0.482 e. The Bertz CT molecular complexity index is 977. The second kappa shape index (κ2) is 8.98. The lowest BCUT2D eigenvalue weighted by Gasteiger charge is -2.41. The number of hydrogen-bond donors (Lipinski definition) is 1. The number of carbonyl (C=O) groups is 1. The van der Waals surface area contributed by atoms with Crippen molar-refractivity contribution >= 4 is 17.3 Å². The molecule has 1 fully saturated rings. The van der Waals surface area contributed by atoms with Gasteiger partial charge in [-0.1, -0.05) is 42.5 Å². The first-order valence-corrected chi connectivity index (χ1v) is 11.1. The van der Waals surface area contributed by atoms with Crippen molar-refractivity contribution in [1.29, 1.82) is 0 Å². The summed E-state index contributed by atoms with van der Waals surface area (Å²) >= 11 is 1.73. The zero-order valence-electron chi connectivity index (χ0n) is 17.1. The molecule has 1 saturated heterocycles. The minimum atomic E-state index is -0.968. The fraction of sp³-hybridized carbons (Fsp3) is 0.333. The maximum atomic E-state index is 10.6. The highest BCUT2D eigenvalue weighted by Gasteiger charge is 2.39. The highest BCUT2D eigenvalue weighted by atomic mass is 32.1. The molecular formula is C24H26N2O3S. The van der Waals surface area contributed by atoms with Gasteiger partial charge in [0.25, 0.3) is 0 Å². The number of hydrogen-bond acceptors (Lipinski definition) is 5. The van der Waals surface area contributed by atoms with E-state index in [-0.39, 0.29) is 12.0 Å². The molecule has 0 radical (unpaired) electrons. The number of nitrogens with zero attached hydrogens (tertiary/aromatic N) is 2. The van der Waals surface area contributed by atoms with Gasteiger partial charge in [-0.25, -0.2) is 9.78 Å². The van der Waals surface area contributed by atoms with E-state index in [1.165, 1.54) is 16.8 Å². The van der Waals surface area contributed by atoms with Crippen LogP contribution in [0.25, 0.3) is 0 Å². The number of aromatic nitrogens is 1. The van der Waals surface area contributed by atoms with Crippen LogP contribution in [0.15, 0.2) is 60.0 Å². The van der Waals surface area contributed by atoms with Crippen molar-refractivity contribution in [3.05, 3.63) is 81.8 Å². The van der Waals surface area contributed by atoms with Gasteiger partial charge in [-0.3, -0.25) is 4.90 Å². The summed E-state index contributed by atoms with van der Waals surface area (Å²) in [5.41, 5.74) is 3.75. The third kappa shape index (κ3) is 4.55. The van der Waals surface area contributed by atoms with E-state index in [2.05, 4.69) is 47.5 Å². The number of rotatable bonds is 7. The molecule has 3 aromatic rings. The Hall–Kier alpha value is -2.70. The van der Waals surface area contributed by atoms with E-state index in [1.54, 1.807) is 11.3 Å². The van der Waals surface area contributed by atoms with E-state index < -0.39 is 5.97 Å². The maximum Gasteiger partial charge on any atom is 0.341 e. The number of carboxylic acids is 1. The van der Waals surface area contributed by atoms with E-state index >= 15 is 0 Å². The summed E-state index contributed by atoms with van der Waals surface area (Å²) in [6, 6.07) is 18.5. The van der Waals surface area contributed by atoms with Crippen LogP contribution in [0.5, 0.6) is 5.75 Å². The molecule has 1 N–H and O–H groups in total. The lowest BCUT2D eigenvalue weighted by atomic mass is 9.70. The molecule has 4 rings (SSSR count). The fourth-order valence-corrected chi connectivity index (χ4v) is 4.93. The van der Waals surface area contributed by atoms with Gasteiger partial charge in [0.2, 0.25) is 0 Å². The van der Waals surface area contributed by atoms with E-state index in [9.17, 15) is 4.79 Å². The predicted molar refractivity (Wildman–Crippen MR) is 118 cm³/mol. The molecule has 0 aliphatic carbocycles. The third-order valence-electron chi connectivity index (χ3n) is 5.84. The second-order valence-electron chi connectivity index (χ2n) is 7.80. The highest BCUT2D eigenvalue weighted by Crippen LogP contribution is 2.42. The average Bonchev–Trinajstić information content (AvgIpc) is 3.21. The first-order valence-electron chi connectivity index (χ1n) is 10.2. The second-order valence-corrected chi connectivity index (χ2v) is 8.86. The van der Waals surface area contributed by atoms with Gasteiger partial charge >= 0.3 is 5.97 Å². The van der Waals surface area contributed by atoms with Crippen LogP contribution in [0.1, 0.15) is 34.7 Å². The summed E-state index contributed by atoms with van der Waals surface area (Å²) in [5.74, 6) is -0.383. The molecule has 1 aliphatic rings. The summed E-state index contributed by atoms with van der Waals surface area (Å²) in [6.07, 6.45) is 2.08. The Morgan fingerprint density at radius 1 is 1.13 bits per heavy atom. The molecule has 0 amide bonds. The van der Waals surface area contributed by atoms with Gasteiger partial charge in [-0.05, 0) is 56.1 Å². The Kier molecular flexibility index (Phi) is 6.16. The van der Waals surface area contributed by atoms with Crippen molar-refractivity contribution in [3.63, 3.8) is 0 Å². The van der Waals surface area contributed by atoms with E-state index in [4.69, 9.17) is 14.8 Å². The molecule has 1 aliphatic heterocycles. The van der Waals surface area contributed by atoms with Crippen molar-refractivity contribution in [1.82, 2.24) is 9.88 Å². The highest BCUT2D eigenvalue weighted by molar-refractivity contribution is 7.09. The molecule has 0 unspecified atom stereocenters. The number of thiazole rings is 1. The van der Waals surface area contributed by atoms with Gasteiger partial charge in [0.05, 0.1) is 10.7 Å². The number of benzene rings is 2. The lowest BCUT2D eigenvalue weighted by Crippen LogP contribution is -2.43. The van der Waals surface area contributed by atoms with Crippen molar-refractivity contribution in [2.24, 2.45) is 0 Å². The predicted octanol–water partition coefficient (Wildman–Crippen LogP) is 4.50. The zero-order valence-corrected chi connectivity index (χ0v) is 17.9. The minimum absolute atomic E-state index is 0.0168. The Morgan fingerprint density at radius 2 is 1.83 bits per heavy atom. The van der Waals surface area contributed by atoms with Gasteiger partial charge in [-0.15, -0.1) is 11.3 Å². The molecule has 2 aromatic carbocycles. The van der Waals surface area contributed by atoms with Crippen LogP contribution >= 0.6 is 11.3 Å². The summed E-state index contributed by atoms with van der Waals surface area (Å²) in [7, 11) is 0. The van der Waals surface area contributed by atoms with E-state index in [0.717, 1.165) is 37.5 Å². The molecule has 156 valence electrons. The van der Waals surface area contributed by atoms with E-state index in [0.29, 0.717) is 5.75 Å². The molecule has 1 aromatic heterocycles. The first-order chi connectivity index (χ1) is 14.5. The van der Waals surface area contributed by atoms with Crippen LogP contribution in [0, 0.1) is 6.92 Å². The number of aliphatic carboxylic acids is 1. The number of aryl methyl sites for hydroxylation is 1. The standard InChI is InChI=1S/C24H26N2O3S/c1-18-25-22(17-30-18)24(20-5-3-2-4-6-20)11-13-26(14-12-24)15-19-7-9-21(10-8-19)29-16-23(27)28/h2-10,17H,11-16H2,1H3,(H,27,28). The van der Waals surface area contributed by atoms with Gasteiger partial charge in [-0.2, -0.15) is 0 Å². The SMILES string of the molecule is Cc1nc(C2(c3ccccc3)CCN(Cc3ccc(OCC(=O)O)cc3)CC2)cs1. The fourth-order valence-electron chi connectivity index (χ4n) is 4.22. The molecule has 0 bridgehead atoms. The average molecular weight is 423 g/mol. The quantitative estimate of drug-likeness (QED) is 0.608. The molecule has 2 heterocycles. The molecule has 0 spiro atoms. The summed E-state index contributed by atoms with van der Waals surface area (Å²) in [4.78, 5) is 18.0. The van der Waals surface area contributed by atoms with Gasteiger partial charge in [0.15, 0.2) is 6.61 Å².